The third-order valence-electron chi connectivity index (χ3n) is 3.85. The predicted octanol–water partition coefficient (Wildman–Crippen LogP) is -0.180. The lowest BCUT2D eigenvalue weighted by Gasteiger charge is -2.22. The number of hydrogen-bond donors (Lipinski definition) is 3. The number of pyridine rings is 1. The fourth-order valence-electron chi connectivity index (χ4n) is 2.67. The standard InChI is InChI=1S/C14H15FN4O3/c15-9-7-19(14(22)18-12(9)20)11-2-1-10(17-13(11)21)8-3-5-16-6-4-8/h1-2,7-8,16H,3-6H2,(H,17,21)(H,18,20,22). The Balaban J connectivity index is 2.03. The Morgan fingerprint density at radius 2 is 1.77 bits per heavy atom. The number of aromatic amines is 2. The van der Waals surface area contributed by atoms with E-state index in [2.05, 4.69) is 10.3 Å². The van der Waals surface area contributed by atoms with Gasteiger partial charge in [-0.05, 0) is 38.1 Å². The predicted molar refractivity (Wildman–Crippen MR) is 78.1 cm³/mol. The van der Waals surface area contributed by atoms with Gasteiger partial charge in [-0.2, -0.15) is 4.39 Å². The van der Waals surface area contributed by atoms with E-state index in [1.807, 2.05) is 4.98 Å². The van der Waals surface area contributed by atoms with Gasteiger partial charge in [-0.1, -0.05) is 0 Å². The molecule has 2 aromatic heterocycles. The van der Waals surface area contributed by atoms with Gasteiger partial charge in [-0.25, -0.2) is 4.79 Å². The number of nitrogens with zero attached hydrogens (tertiary/aromatic N) is 1. The smallest absolute Gasteiger partial charge is 0.324 e. The lowest BCUT2D eigenvalue weighted by Crippen LogP contribution is -2.33. The third-order valence-corrected chi connectivity index (χ3v) is 3.85. The Morgan fingerprint density at radius 3 is 2.45 bits per heavy atom. The highest BCUT2D eigenvalue weighted by Gasteiger charge is 2.17. The van der Waals surface area contributed by atoms with Crippen molar-refractivity contribution < 1.29 is 4.39 Å². The molecular weight excluding hydrogens is 291 g/mol. The number of hydrogen-bond acceptors (Lipinski definition) is 4. The number of aromatic nitrogens is 3. The van der Waals surface area contributed by atoms with Gasteiger partial charge in [0, 0.05) is 11.6 Å². The summed E-state index contributed by atoms with van der Waals surface area (Å²) < 4.78 is 14.1. The van der Waals surface area contributed by atoms with Gasteiger partial charge in [0.05, 0.1) is 6.20 Å². The van der Waals surface area contributed by atoms with Crippen LogP contribution in [-0.2, 0) is 0 Å². The van der Waals surface area contributed by atoms with Crippen LogP contribution < -0.4 is 22.1 Å². The largest absolute Gasteiger partial charge is 0.333 e. The van der Waals surface area contributed by atoms with E-state index in [9.17, 15) is 18.8 Å². The molecule has 0 saturated carbocycles. The monoisotopic (exact) mass is 306 g/mol. The summed E-state index contributed by atoms with van der Waals surface area (Å²) in [6.45, 7) is 1.78. The maximum absolute atomic E-state index is 13.3. The van der Waals surface area contributed by atoms with Crippen molar-refractivity contribution in [2.75, 3.05) is 13.1 Å². The summed E-state index contributed by atoms with van der Waals surface area (Å²) in [6.07, 6.45) is 2.56. The fraction of sp³-hybridized carbons (Fsp3) is 0.357. The van der Waals surface area contributed by atoms with Gasteiger partial charge in [0.1, 0.15) is 5.69 Å². The molecule has 0 bridgehead atoms. The molecule has 8 heteroatoms. The molecule has 0 unspecified atom stereocenters. The number of halogens is 1. The van der Waals surface area contributed by atoms with Crippen LogP contribution in [0.1, 0.15) is 24.5 Å². The van der Waals surface area contributed by atoms with Crippen LogP contribution in [0.2, 0.25) is 0 Å². The summed E-state index contributed by atoms with van der Waals surface area (Å²) in [5.74, 6) is -0.867. The molecule has 1 saturated heterocycles. The van der Waals surface area contributed by atoms with E-state index < -0.39 is 22.6 Å². The maximum Gasteiger partial charge on any atom is 0.333 e. The Kier molecular flexibility index (Phi) is 3.76. The van der Waals surface area contributed by atoms with E-state index in [-0.39, 0.29) is 11.6 Å². The van der Waals surface area contributed by atoms with Crippen molar-refractivity contribution in [3.05, 3.63) is 61.0 Å². The second-order valence-corrected chi connectivity index (χ2v) is 5.26. The van der Waals surface area contributed by atoms with Crippen molar-refractivity contribution in [1.29, 1.82) is 0 Å². The van der Waals surface area contributed by atoms with Gasteiger partial charge in [0.25, 0.3) is 11.1 Å². The molecule has 0 atom stereocenters. The Bertz CT molecular complexity index is 861. The Morgan fingerprint density at radius 1 is 1.05 bits per heavy atom. The summed E-state index contributed by atoms with van der Waals surface area (Å²) in [6, 6.07) is 3.19. The average molecular weight is 306 g/mol. The minimum atomic E-state index is -1.12. The highest BCUT2D eigenvalue weighted by molar-refractivity contribution is 5.30. The number of H-pyrrole nitrogens is 2. The molecule has 3 rings (SSSR count). The highest BCUT2D eigenvalue weighted by Crippen LogP contribution is 2.22. The Labute approximate surface area is 123 Å². The summed E-state index contributed by atoms with van der Waals surface area (Å²) in [5, 5.41) is 3.24. The van der Waals surface area contributed by atoms with Crippen molar-refractivity contribution in [1.82, 2.24) is 19.9 Å². The van der Waals surface area contributed by atoms with Gasteiger partial charge < -0.3 is 10.3 Å². The SMILES string of the molecule is O=c1[nH]c(=O)n(-c2ccc(C3CCNCC3)[nH]c2=O)cc1F. The van der Waals surface area contributed by atoms with E-state index in [1.165, 1.54) is 6.07 Å². The van der Waals surface area contributed by atoms with Gasteiger partial charge in [0.15, 0.2) is 0 Å². The van der Waals surface area contributed by atoms with Gasteiger partial charge in [-0.3, -0.25) is 19.1 Å². The number of piperidine rings is 1. The van der Waals surface area contributed by atoms with Gasteiger partial charge in [0.2, 0.25) is 5.82 Å². The van der Waals surface area contributed by atoms with Crippen LogP contribution in [0.15, 0.2) is 32.7 Å². The first-order chi connectivity index (χ1) is 10.6. The van der Waals surface area contributed by atoms with Crippen LogP contribution in [0.4, 0.5) is 4.39 Å². The highest BCUT2D eigenvalue weighted by atomic mass is 19.1. The molecule has 3 heterocycles. The molecule has 2 aromatic rings. The van der Waals surface area contributed by atoms with Crippen LogP contribution in [0.3, 0.4) is 0 Å². The minimum Gasteiger partial charge on any atom is -0.324 e. The summed E-state index contributed by atoms with van der Waals surface area (Å²) >= 11 is 0. The maximum atomic E-state index is 13.3. The quantitative estimate of drug-likeness (QED) is 0.716. The second-order valence-electron chi connectivity index (χ2n) is 5.26. The first-order valence-corrected chi connectivity index (χ1v) is 7.02. The lowest BCUT2D eigenvalue weighted by atomic mass is 9.94. The number of rotatable bonds is 2. The third kappa shape index (κ3) is 2.64. The summed E-state index contributed by atoms with van der Waals surface area (Å²) in [7, 11) is 0. The van der Waals surface area contributed by atoms with Crippen molar-refractivity contribution in [2.45, 2.75) is 18.8 Å². The first-order valence-electron chi connectivity index (χ1n) is 7.02. The van der Waals surface area contributed by atoms with Crippen LogP contribution >= 0.6 is 0 Å². The van der Waals surface area contributed by atoms with Crippen molar-refractivity contribution in [2.24, 2.45) is 0 Å². The molecule has 1 aliphatic rings. The zero-order chi connectivity index (χ0) is 15.7. The van der Waals surface area contributed by atoms with Crippen LogP contribution in [0.25, 0.3) is 5.69 Å². The molecule has 0 aromatic carbocycles. The summed E-state index contributed by atoms with van der Waals surface area (Å²) in [5.41, 5.74) is -1.69. The zero-order valence-corrected chi connectivity index (χ0v) is 11.7. The molecule has 0 spiro atoms. The summed E-state index contributed by atoms with van der Waals surface area (Å²) in [4.78, 5) is 39.5. The van der Waals surface area contributed by atoms with E-state index in [4.69, 9.17) is 0 Å². The van der Waals surface area contributed by atoms with Crippen LogP contribution in [0.5, 0.6) is 0 Å². The van der Waals surface area contributed by atoms with Crippen LogP contribution in [-0.4, -0.2) is 27.6 Å². The van der Waals surface area contributed by atoms with Gasteiger partial charge in [-0.15, -0.1) is 0 Å². The van der Waals surface area contributed by atoms with Crippen molar-refractivity contribution in [3.63, 3.8) is 0 Å². The average Bonchev–Trinajstić information content (AvgIpc) is 2.52. The molecule has 0 amide bonds. The van der Waals surface area contributed by atoms with E-state index in [0.29, 0.717) is 0 Å². The molecule has 22 heavy (non-hydrogen) atoms. The Hall–Kier alpha value is -2.48. The van der Waals surface area contributed by atoms with Crippen LogP contribution in [0, 0.1) is 5.82 Å². The molecule has 116 valence electrons. The zero-order valence-electron chi connectivity index (χ0n) is 11.7. The van der Waals surface area contributed by atoms with Gasteiger partial charge >= 0.3 is 5.69 Å². The fourth-order valence-corrected chi connectivity index (χ4v) is 2.67. The second kappa shape index (κ2) is 5.72. The molecular formula is C14H15FN4O3. The molecule has 1 fully saturated rings. The topological polar surface area (TPSA) is 99.8 Å². The molecule has 0 aliphatic carbocycles. The lowest BCUT2D eigenvalue weighted by molar-refractivity contribution is 0.452. The molecule has 0 radical (unpaired) electrons. The van der Waals surface area contributed by atoms with E-state index >= 15 is 0 Å². The molecule has 1 aliphatic heterocycles. The van der Waals surface area contributed by atoms with Crippen molar-refractivity contribution >= 4 is 0 Å². The van der Waals surface area contributed by atoms with E-state index in [1.54, 1.807) is 6.07 Å². The normalized spacial score (nSPS) is 15.9. The van der Waals surface area contributed by atoms with E-state index in [0.717, 1.165) is 42.4 Å². The molecule has 3 N–H and O–H groups in total. The number of nitrogens with one attached hydrogen (secondary N) is 3. The minimum absolute atomic E-state index is 0.0298. The molecule has 7 nitrogen and oxygen atoms in total. The first kappa shape index (κ1) is 14.5. The van der Waals surface area contributed by atoms with Crippen molar-refractivity contribution in [3.8, 4) is 5.69 Å².